The number of hydrogen-bond acceptors (Lipinski definition) is 1. The molecule has 0 saturated heterocycles. The zero-order chi connectivity index (χ0) is 9.68. The molecule has 1 rings (SSSR count). The van der Waals surface area contributed by atoms with Crippen LogP contribution in [0.1, 0.15) is 24.2 Å². The Hall–Kier alpha value is -1.30. The van der Waals surface area contributed by atoms with E-state index >= 15 is 0 Å². The second-order valence-electron chi connectivity index (χ2n) is 2.87. The van der Waals surface area contributed by atoms with Crippen molar-refractivity contribution in [1.29, 1.82) is 0 Å². The van der Waals surface area contributed by atoms with Crippen LogP contribution in [0.5, 0.6) is 0 Å². The van der Waals surface area contributed by atoms with Crippen LogP contribution in [0, 0.1) is 0 Å². The van der Waals surface area contributed by atoms with Gasteiger partial charge in [0.1, 0.15) is 6.10 Å². The Bertz CT molecular complexity index is 322. The minimum Gasteiger partial charge on any atom is -0.384 e. The molecule has 0 aromatic heterocycles. The molecule has 0 amide bonds. The van der Waals surface area contributed by atoms with Crippen LogP contribution in [0.15, 0.2) is 42.7 Å². The minimum atomic E-state index is -0.575. The van der Waals surface area contributed by atoms with E-state index in [1.54, 1.807) is 6.08 Å². The Balaban J connectivity index is 3.04. The van der Waals surface area contributed by atoms with Crippen molar-refractivity contribution < 1.29 is 5.11 Å². The van der Waals surface area contributed by atoms with Gasteiger partial charge in [0, 0.05) is 0 Å². The van der Waals surface area contributed by atoms with E-state index in [1.165, 1.54) is 5.56 Å². The average Bonchev–Trinajstić information content (AvgIpc) is 2.18. The first-order valence-corrected chi connectivity index (χ1v) is 4.41. The Kier molecular flexibility index (Phi) is 3.51. The molecule has 0 heterocycles. The summed E-state index contributed by atoms with van der Waals surface area (Å²) in [6.07, 6.45) is 1.92. The van der Waals surface area contributed by atoms with E-state index in [-0.39, 0.29) is 0 Å². The molecular formula is C12H14O. The number of aliphatic hydroxyl groups excluding tert-OH is 1. The van der Waals surface area contributed by atoms with Crippen LogP contribution in [0.4, 0.5) is 0 Å². The lowest BCUT2D eigenvalue weighted by Gasteiger charge is -2.09. The lowest BCUT2D eigenvalue weighted by molar-refractivity contribution is 0.228. The summed E-state index contributed by atoms with van der Waals surface area (Å²) in [6, 6.07) is 7.86. The molecule has 1 nitrogen and oxygen atoms in total. The highest BCUT2D eigenvalue weighted by atomic mass is 16.3. The lowest BCUT2D eigenvalue weighted by atomic mass is 10.0. The maximum Gasteiger partial charge on any atom is 0.105 e. The van der Waals surface area contributed by atoms with Gasteiger partial charge in [-0.05, 0) is 23.6 Å². The first-order chi connectivity index (χ1) is 6.29. The molecule has 0 spiro atoms. The van der Waals surface area contributed by atoms with Crippen molar-refractivity contribution in [2.45, 2.75) is 19.4 Å². The van der Waals surface area contributed by atoms with Crippen LogP contribution in [0.25, 0.3) is 0 Å². The van der Waals surface area contributed by atoms with E-state index in [0.717, 1.165) is 12.0 Å². The predicted octanol–water partition coefficient (Wildman–Crippen LogP) is 2.62. The largest absolute Gasteiger partial charge is 0.384 e. The molecule has 13 heavy (non-hydrogen) atoms. The molecule has 0 fully saturated rings. The zero-order valence-corrected chi connectivity index (χ0v) is 7.83. The fourth-order valence-corrected chi connectivity index (χ4v) is 1.35. The van der Waals surface area contributed by atoms with Crippen molar-refractivity contribution >= 4 is 0 Å². The summed E-state index contributed by atoms with van der Waals surface area (Å²) in [5.41, 5.74) is 4.71. The van der Waals surface area contributed by atoms with Crippen LogP contribution in [0.3, 0.4) is 0 Å². The summed E-state index contributed by atoms with van der Waals surface area (Å²) in [4.78, 5) is 0. The van der Waals surface area contributed by atoms with Crippen LogP contribution in [-0.2, 0) is 6.42 Å². The maximum absolute atomic E-state index is 9.67. The molecule has 1 aromatic rings. The van der Waals surface area contributed by atoms with Crippen molar-refractivity contribution in [1.82, 2.24) is 0 Å². The molecule has 0 bridgehead atoms. The standard InChI is InChI=1S/C12H14O/c1-3-7-12(13)11-9-6-5-8-10(11)4-2/h5-9,12-13H,1,4H2,2H3. The van der Waals surface area contributed by atoms with Gasteiger partial charge in [0.05, 0.1) is 0 Å². The van der Waals surface area contributed by atoms with Gasteiger partial charge < -0.3 is 5.11 Å². The summed E-state index contributed by atoms with van der Waals surface area (Å²) < 4.78 is 0. The van der Waals surface area contributed by atoms with Gasteiger partial charge in [-0.2, -0.15) is 0 Å². The summed E-state index contributed by atoms with van der Waals surface area (Å²) in [6.45, 7) is 5.51. The van der Waals surface area contributed by atoms with Crippen LogP contribution < -0.4 is 0 Å². The Morgan fingerprint density at radius 3 is 2.85 bits per heavy atom. The van der Waals surface area contributed by atoms with Crippen molar-refractivity contribution in [3.05, 3.63) is 53.8 Å². The fourth-order valence-electron chi connectivity index (χ4n) is 1.35. The van der Waals surface area contributed by atoms with Crippen LogP contribution in [0.2, 0.25) is 0 Å². The summed E-state index contributed by atoms with van der Waals surface area (Å²) in [5, 5.41) is 9.67. The molecule has 1 atom stereocenters. The Morgan fingerprint density at radius 1 is 1.54 bits per heavy atom. The van der Waals surface area contributed by atoms with Gasteiger partial charge in [-0.15, -0.1) is 5.73 Å². The van der Waals surface area contributed by atoms with Gasteiger partial charge >= 0.3 is 0 Å². The van der Waals surface area contributed by atoms with Crippen LogP contribution >= 0.6 is 0 Å². The SMILES string of the molecule is C=C=CC(O)c1ccccc1CC. The summed E-state index contributed by atoms with van der Waals surface area (Å²) >= 11 is 0. The van der Waals surface area contributed by atoms with E-state index in [4.69, 9.17) is 0 Å². The third-order valence-corrected chi connectivity index (χ3v) is 2.03. The second-order valence-corrected chi connectivity index (χ2v) is 2.87. The molecule has 0 aliphatic rings. The maximum atomic E-state index is 9.67. The Morgan fingerprint density at radius 2 is 2.23 bits per heavy atom. The van der Waals surface area contributed by atoms with E-state index in [2.05, 4.69) is 19.2 Å². The van der Waals surface area contributed by atoms with Gasteiger partial charge in [0.15, 0.2) is 0 Å². The minimum absolute atomic E-state index is 0.575. The fraction of sp³-hybridized carbons (Fsp3) is 0.250. The van der Waals surface area contributed by atoms with E-state index in [0.29, 0.717) is 0 Å². The van der Waals surface area contributed by atoms with Gasteiger partial charge in [0.2, 0.25) is 0 Å². The van der Waals surface area contributed by atoms with Crippen molar-refractivity contribution in [2.75, 3.05) is 0 Å². The lowest BCUT2D eigenvalue weighted by Crippen LogP contribution is -1.97. The van der Waals surface area contributed by atoms with Crippen molar-refractivity contribution in [2.24, 2.45) is 0 Å². The normalized spacial score (nSPS) is 11.8. The highest BCUT2D eigenvalue weighted by Crippen LogP contribution is 2.18. The molecule has 1 heteroatoms. The number of aliphatic hydroxyl groups is 1. The smallest absolute Gasteiger partial charge is 0.105 e. The quantitative estimate of drug-likeness (QED) is 0.698. The highest BCUT2D eigenvalue weighted by molar-refractivity contribution is 5.31. The number of benzene rings is 1. The molecule has 0 radical (unpaired) electrons. The topological polar surface area (TPSA) is 20.2 Å². The third-order valence-electron chi connectivity index (χ3n) is 2.03. The number of hydrogen-bond donors (Lipinski definition) is 1. The van der Waals surface area contributed by atoms with E-state index in [1.807, 2.05) is 24.3 Å². The Labute approximate surface area is 79.0 Å². The molecule has 1 unspecified atom stereocenters. The average molecular weight is 174 g/mol. The van der Waals surface area contributed by atoms with E-state index in [9.17, 15) is 5.11 Å². The van der Waals surface area contributed by atoms with Crippen LogP contribution in [-0.4, -0.2) is 5.11 Å². The van der Waals surface area contributed by atoms with Gasteiger partial charge in [-0.25, -0.2) is 0 Å². The second kappa shape index (κ2) is 4.66. The number of aryl methyl sites for hydroxylation is 1. The van der Waals surface area contributed by atoms with Crippen molar-refractivity contribution in [3.8, 4) is 0 Å². The van der Waals surface area contributed by atoms with Crippen molar-refractivity contribution in [3.63, 3.8) is 0 Å². The van der Waals surface area contributed by atoms with Gasteiger partial charge in [-0.1, -0.05) is 37.8 Å². The summed E-state index contributed by atoms with van der Waals surface area (Å²) in [7, 11) is 0. The highest BCUT2D eigenvalue weighted by Gasteiger charge is 2.06. The molecule has 0 aliphatic carbocycles. The third kappa shape index (κ3) is 2.32. The monoisotopic (exact) mass is 174 g/mol. The molecule has 1 aromatic carbocycles. The molecule has 0 saturated carbocycles. The molecular weight excluding hydrogens is 160 g/mol. The van der Waals surface area contributed by atoms with Gasteiger partial charge in [0.25, 0.3) is 0 Å². The summed E-state index contributed by atoms with van der Waals surface area (Å²) in [5.74, 6) is 0. The molecule has 1 N–H and O–H groups in total. The molecule has 68 valence electrons. The first kappa shape index (κ1) is 9.79. The number of rotatable bonds is 3. The zero-order valence-electron chi connectivity index (χ0n) is 7.83. The van der Waals surface area contributed by atoms with Gasteiger partial charge in [-0.3, -0.25) is 0 Å². The molecule has 0 aliphatic heterocycles. The predicted molar refractivity (Wildman–Crippen MR) is 54.5 cm³/mol. The first-order valence-electron chi connectivity index (χ1n) is 4.41. The van der Waals surface area contributed by atoms with E-state index < -0.39 is 6.10 Å².